The standard InChI is InChI=1S/C33H36N4O5/c1-16(2)32-19(5)26-8-24-17(3)22(12-41-14-38)28(34-24)11-29-23(13-42-15-39)18(4)25(35-29)9-31-33(21(7)40)20(6)27(37-31)10-30(32)36-26/h8-11,14-16,21,35-36,40H,12-13H2,1-7H3. The first-order valence-electron chi connectivity index (χ1n) is 14.0. The summed E-state index contributed by atoms with van der Waals surface area (Å²) in [5, 5.41) is 10.8. The first-order valence-corrected chi connectivity index (χ1v) is 14.0. The third kappa shape index (κ3) is 5.05. The monoisotopic (exact) mass is 568 g/mol. The van der Waals surface area contributed by atoms with Crippen molar-refractivity contribution < 1.29 is 24.2 Å². The maximum atomic E-state index is 11.1. The molecule has 9 heteroatoms. The maximum Gasteiger partial charge on any atom is 0.293 e. The highest BCUT2D eigenvalue weighted by molar-refractivity contribution is 5.96. The number of aryl methyl sites for hydroxylation is 2. The lowest BCUT2D eigenvalue weighted by atomic mass is 9.98. The number of fused-ring (bicyclic) bond motifs is 8. The molecule has 0 saturated carbocycles. The second kappa shape index (κ2) is 11.4. The van der Waals surface area contributed by atoms with Gasteiger partial charge in [-0.1, -0.05) is 13.8 Å². The van der Waals surface area contributed by atoms with Crippen LogP contribution in [0.15, 0.2) is 24.3 Å². The van der Waals surface area contributed by atoms with Crippen LogP contribution in [0.3, 0.4) is 0 Å². The fourth-order valence-electron chi connectivity index (χ4n) is 6.02. The second-order valence-corrected chi connectivity index (χ2v) is 11.2. The van der Waals surface area contributed by atoms with Crippen molar-refractivity contribution >= 4 is 57.3 Å². The van der Waals surface area contributed by atoms with Gasteiger partial charge in [-0.25, -0.2) is 9.97 Å². The van der Waals surface area contributed by atoms with Gasteiger partial charge in [0.25, 0.3) is 12.9 Å². The van der Waals surface area contributed by atoms with Gasteiger partial charge in [0.05, 0.1) is 28.9 Å². The van der Waals surface area contributed by atoms with Crippen molar-refractivity contribution in [3.05, 3.63) is 69.3 Å². The number of rotatable bonds is 8. The number of carbonyl (C=O) groups excluding carboxylic acids is 2. The molecule has 0 aliphatic carbocycles. The van der Waals surface area contributed by atoms with E-state index < -0.39 is 6.10 Å². The molecule has 2 aliphatic heterocycles. The van der Waals surface area contributed by atoms with Gasteiger partial charge in [-0.15, -0.1) is 0 Å². The van der Waals surface area contributed by atoms with E-state index in [1.54, 1.807) is 6.92 Å². The molecule has 3 N–H and O–H groups in total. The molecule has 5 rings (SSSR count). The van der Waals surface area contributed by atoms with E-state index in [4.69, 9.17) is 19.4 Å². The lowest BCUT2D eigenvalue weighted by Crippen LogP contribution is -2.02. The molecule has 9 nitrogen and oxygen atoms in total. The Balaban J connectivity index is 1.97. The Labute approximate surface area is 244 Å². The van der Waals surface area contributed by atoms with Gasteiger partial charge in [-0.3, -0.25) is 9.59 Å². The first-order chi connectivity index (χ1) is 20.0. The molecule has 0 radical (unpaired) electrons. The Bertz CT molecular complexity index is 1820. The molecule has 2 aliphatic rings. The van der Waals surface area contributed by atoms with Crippen LogP contribution in [0.4, 0.5) is 0 Å². The van der Waals surface area contributed by atoms with Gasteiger partial charge in [0.15, 0.2) is 0 Å². The van der Waals surface area contributed by atoms with Crippen molar-refractivity contribution in [1.82, 2.24) is 19.9 Å². The molecule has 0 amide bonds. The van der Waals surface area contributed by atoms with Crippen LogP contribution in [0.1, 0.15) is 85.6 Å². The number of carbonyl (C=O) groups is 2. The van der Waals surface area contributed by atoms with Gasteiger partial charge in [-0.05, 0) is 92.6 Å². The Kier molecular flexibility index (Phi) is 7.88. The lowest BCUT2D eigenvalue weighted by molar-refractivity contribution is -0.130. The third-order valence-electron chi connectivity index (χ3n) is 8.22. The largest absolute Gasteiger partial charge is 0.463 e. The number of ether oxygens (including phenoxy) is 2. The van der Waals surface area contributed by atoms with Crippen molar-refractivity contribution in [2.24, 2.45) is 0 Å². The third-order valence-corrected chi connectivity index (χ3v) is 8.22. The summed E-state index contributed by atoms with van der Waals surface area (Å²) in [5.41, 5.74) is 13.5. The van der Waals surface area contributed by atoms with Crippen molar-refractivity contribution in [2.45, 2.75) is 67.1 Å². The maximum absolute atomic E-state index is 11.1. The normalized spacial score (nSPS) is 14.0. The van der Waals surface area contributed by atoms with Crippen LogP contribution in [0, 0.1) is 13.8 Å². The molecular weight excluding hydrogens is 532 g/mol. The Morgan fingerprint density at radius 2 is 1.29 bits per heavy atom. The van der Waals surface area contributed by atoms with Gasteiger partial charge in [0.1, 0.15) is 13.2 Å². The summed E-state index contributed by atoms with van der Waals surface area (Å²) < 4.78 is 10.4. The van der Waals surface area contributed by atoms with Crippen LogP contribution < -0.4 is 0 Å². The highest BCUT2D eigenvalue weighted by Crippen LogP contribution is 2.36. The molecule has 42 heavy (non-hydrogen) atoms. The van der Waals surface area contributed by atoms with E-state index >= 15 is 0 Å². The number of aromatic amines is 2. The van der Waals surface area contributed by atoms with E-state index in [0.717, 1.165) is 66.9 Å². The quantitative estimate of drug-likeness (QED) is 0.278. The molecule has 5 heterocycles. The fourth-order valence-corrected chi connectivity index (χ4v) is 6.02. The second-order valence-electron chi connectivity index (χ2n) is 11.2. The minimum absolute atomic E-state index is 0.0578. The minimum Gasteiger partial charge on any atom is -0.463 e. The molecule has 0 saturated heterocycles. The zero-order valence-corrected chi connectivity index (χ0v) is 25.0. The zero-order chi connectivity index (χ0) is 30.3. The van der Waals surface area contributed by atoms with E-state index in [1.165, 1.54) is 5.56 Å². The summed E-state index contributed by atoms with van der Waals surface area (Å²) in [6, 6.07) is 7.88. The molecule has 0 spiro atoms. The highest BCUT2D eigenvalue weighted by atomic mass is 16.5. The lowest BCUT2D eigenvalue weighted by Gasteiger charge is -2.07. The molecule has 8 bridgehead atoms. The van der Waals surface area contributed by atoms with Crippen molar-refractivity contribution in [1.29, 1.82) is 0 Å². The molecule has 0 fully saturated rings. The average Bonchev–Trinajstić information content (AvgIpc) is 3.60. The number of H-pyrrole nitrogens is 2. The van der Waals surface area contributed by atoms with E-state index in [-0.39, 0.29) is 19.1 Å². The fraction of sp³-hybridized carbons (Fsp3) is 0.333. The molecule has 0 aromatic carbocycles. The van der Waals surface area contributed by atoms with Crippen molar-refractivity contribution in [3.63, 3.8) is 0 Å². The van der Waals surface area contributed by atoms with E-state index in [9.17, 15) is 14.7 Å². The van der Waals surface area contributed by atoms with Crippen LogP contribution in [0.5, 0.6) is 0 Å². The Morgan fingerprint density at radius 1 is 0.738 bits per heavy atom. The summed E-state index contributed by atoms with van der Waals surface area (Å²) in [6.07, 6.45) is -0.735. The number of aliphatic hydroxyl groups excluding tert-OH is 1. The molecule has 1 atom stereocenters. The van der Waals surface area contributed by atoms with Crippen LogP contribution in [0.2, 0.25) is 0 Å². The smallest absolute Gasteiger partial charge is 0.293 e. The van der Waals surface area contributed by atoms with E-state index in [0.29, 0.717) is 29.8 Å². The Hall–Kier alpha value is -4.50. The van der Waals surface area contributed by atoms with Gasteiger partial charge < -0.3 is 24.5 Å². The van der Waals surface area contributed by atoms with Gasteiger partial charge >= 0.3 is 0 Å². The number of aromatic nitrogens is 4. The summed E-state index contributed by atoms with van der Waals surface area (Å²) in [5.74, 6) is 0.245. The molecule has 218 valence electrons. The molecular formula is C33H36N4O5. The molecule has 1 unspecified atom stereocenters. The predicted octanol–water partition coefficient (Wildman–Crippen LogP) is 6.14. The number of nitrogens with zero attached hydrogens (tertiary/aromatic N) is 2. The first kappa shape index (κ1) is 29.0. The topological polar surface area (TPSA) is 130 Å². The van der Waals surface area contributed by atoms with Crippen molar-refractivity contribution in [3.8, 4) is 0 Å². The number of hydrogen-bond donors (Lipinski definition) is 3. The summed E-state index contributed by atoms with van der Waals surface area (Å²) >= 11 is 0. The van der Waals surface area contributed by atoms with Crippen LogP contribution in [-0.2, 0) is 25.7 Å². The van der Waals surface area contributed by atoms with Crippen LogP contribution in [0.25, 0.3) is 44.4 Å². The molecule has 3 aromatic rings. The number of aliphatic hydroxyl groups is 1. The highest BCUT2D eigenvalue weighted by Gasteiger charge is 2.23. The van der Waals surface area contributed by atoms with E-state index in [2.05, 4.69) is 30.7 Å². The Morgan fingerprint density at radius 3 is 1.95 bits per heavy atom. The molecule has 3 aromatic heterocycles. The predicted molar refractivity (Wildman–Crippen MR) is 164 cm³/mol. The SMILES string of the molecule is CC1=C(COC=O)c2cc3[nH]c(cc4nc(cc5[nH]c(cc1n2)c(C)c5C(C)C)C(C)=C4C(C)O)c(C)c3COC=O. The number of hydrogen-bond acceptors (Lipinski definition) is 7. The van der Waals surface area contributed by atoms with Gasteiger partial charge in [0, 0.05) is 38.8 Å². The minimum atomic E-state index is -0.735. The van der Waals surface area contributed by atoms with Crippen molar-refractivity contribution in [2.75, 3.05) is 6.61 Å². The van der Waals surface area contributed by atoms with Gasteiger partial charge in [-0.2, -0.15) is 0 Å². The van der Waals surface area contributed by atoms with Crippen LogP contribution in [-0.4, -0.2) is 50.7 Å². The van der Waals surface area contributed by atoms with Gasteiger partial charge in [0.2, 0.25) is 0 Å². The van der Waals surface area contributed by atoms with Crippen LogP contribution >= 0.6 is 0 Å². The average molecular weight is 569 g/mol. The van der Waals surface area contributed by atoms with E-state index in [1.807, 2.05) is 45.0 Å². The zero-order valence-electron chi connectivity index (χ0n) is 25.0. The summed E-state index contributed by atoms with van der Waals surface area (Å²) in [4.78, 5) is 39.3. The number of allylic oxidation sites excluding steroid dienone is 2. The summed E-state index contributed by atoms with van der Waals surface area (Å²) in [6.45, 7) is 15.0. The number of nitrogens with one attached hydrogen (secondary N) is 2. The summed E-state index contributed by atoms with van der Waals surface area (Å²) in [7, 11) is 0.